The van der Waals surface area contributed by atoms with Crippen molar-refractivity contribution in [2.24, 2.45) is 5.73 Å². The number of rotatable bonds is 2. The van der Waals surface area contributed by atoms with Gasteiger partial charge in [-0.3, -0.25) is 4.79 Å². The van der Waals surface area contributed by atoms with Gasteiger partial charge in [0.2, 0.25) is 0 Å². The van der Waals surface area contributed by atoms with Gasteiger partial charge in [-0.25, -0.2) is 0 Å². The van der Waals surface area contributed by atoms with Crippen LogP contribution in [0.25, 0.3) is 21.5 Å². The Kier molecular flexibility index (Phi) is 5.04. The molecule has 0 bridgehead atoms. The Morgan fingerprint density at radius 3 is 1.70 bits per heavy atom. The fourth-order valence-corrected chi connectivity index (χ4v) is 2.79. The van der Waals surface area contributed by atoms with Crippen LogP contribution in [0.4, 0.5) is 0 Å². The lowest BCUT2D eigenvalue weighted by Crippen LogP contribution is -2.10. The summed E-state index contributed by atoms with van der Waals surface area (Å²) in [5.41, 5.74) is 5.82. The molecule has 5 N–H and O–H groups in total. The zero-order chi connectivity index (χ0) is 19.4. The predicted octanol–water partition coefficient (Wildman–Crippen LogP) is 4.19. The minimum Gasteiger partial charge on any atom is -0.507 e. The van der Waals surface area contributed by atoms with E-state index in [0.717, 1.165) is 27.8 Å². The second kappa shape index (κ2) is 7.58. The van der Waals surface area contributed by atoms with Gasteiger partial charge in [-0.05, 0) is 45.8 Å². The number of nitrogens with two attached hydrogens (primary N) is 1. The van der Waals surface area contributed by atoms with Crippen molar-refractivity contribution in [2.45, 2.75) is 0 Å². The van der Waals surface area contributed by atoms with Crippen LogP contribution < -0.4 is 5.73 Å². The van der Waals surface area contributed by atoms with Gasteiger partial charge in [0.05, 0.1) is 5.56 Å². The van der Waals surface area contributed by atoms with E-state index in [1.807, 2.05) is 48.5 Å². The first kappa shape index (κ1) is 17.9. The van der Waals surface area contributed by atoms with Gasteiger partial charge in [0.1, 0.15) is 11.5 Å². The molecule has 0 aliphatic carbocycles. The molecule has 27 heavy (non-hydrogen) atoms. The van der Waals surface area contributed by atoms with Crippen LogP contribution in [0.15, 0.2) is 72.8 Å². The van der Waals surface area contributed by atoms with E-state index in [-0.39, 0.29) is 17.1 Å². The van der Waals surface area contributed by atoms with Crippen LogP contribution in [-0.2, 0) is 0 Å². The molecule has 4 rings (SSSR count). The fraction of sp³-hybridized carbons (Fsp3) is 0. The first-order chi connectivity index (χ1) is 13.0. The van der Waals surface area contributed by atoms with Crippen molar-refractivity contribution in [1.29, 1.82) is 5.41 Å². The zero-order valence-electron chi connectivity index (χ0n) is 14.4. The van der Waals surface area contributed by atoms with Crippen LogP contribution in [0.1, 0.15) is 15.9 Å². The lowest BCUT2D eigenvalue weighted by molar-refractivity contribution is 0.0998. The molecule has 4 aromatic rings. The second-order valence-corrected chi connectivity index (χ2v) is 5.98. The molecular formula is C22H18N2O3. The number of amides is 1. The number of hydrogen-bond acceptors (Lipinski definition) is 4. The number of aromatic hydroxyl groups is 2. The molecule has 0 saturated heterocycles. The molecule has 5 heteroatoms. The SMILES string of the molecule is N=Cc1cc2ccccc2cc1O.NC(=O)c1cc2ccccc2cc1O. The first-order valence-corrected chi connectivity index (χ1v) is 8.23. The molecule has 0 aliphatic heterocycles. The molecule has 0 heterocycles. The van der Waals surface area contributed by atoms with Gasteiger partial charge in [-0.2, -0.15) is 0 Å². The molecule has 0 radical (unpaired) electrons. The monoisotopic (exact) mass is 358 g/mol. The van der Waals surface area contributed by atoms with E-state index in [4.69, 9.17) is 11.1 Å². The molecule has 5 nitrogen and oxygen atoms in total. The summed E-state index contributed by atoms with van der Waals surface area (Å²) in [5, 5.41) is 29.8. The van der Waals surface area contributed by atoms with Gasteiger partial charge in [-0.1, -0.05) is 48.5 Å². The van der Waals surface area contributed by atoms with Gasteiger partial charge in [0, 0.05) is 11.8 Å². The Hall–Kier alpha value is -3.86. The summed E-state index contributed by atoms with van der Waals surface area (Å²) in [5.74, 6) is -0.529. The molecule has 4 aromatic carbocycles. The van der Waals surface area contributed by atoms with Crippen LogP contribution >= 0.6 is 0 Å². The lowest BCUT2D eigenvalue weighted by Gasteiger charge is -2.02. The fourth-order valence-electron chi connectivity index (χ4n) is 2.79. The van der Waals surface area contributed by atoms with Crippen molar-refractivity contribution in [1.82, 2.24) is 0 Å². The van der Waals surface area contributed by atoms with E-state index >= 15 is 0 Å². The lowest BCUT2D eigenvalue weighted by atomic mass is 10.1. The Labute approximate surface area is 155 Å². The normalized spacial score (nSPS) is 10.2. The maximum absolute atomic E-state index is 10.9. The van der Waals surface area contributed by atoms with Crippen LogP contribution in [0.3, 0.4) is 0 Å². The molecule has 0 fully saturated rings. The molecule has 0 spiro atoms. The number of fused-ring (bicyclic) bond motifs is 2. The van der Waals surface area contributed by atoms with Crippen molar-refractivity contribution in [3.05, 3.63) is 83.9 Å². The molecule has 134 valence electrons. The van der Waals surface area contributed by atoms with Gasteiger partial charge in [-0.15, -0.1) is 0 Å². The highest BCUT2D eigenvalue weighted by Gasteiger charge is 2.08. The van der Waals surface area contributed by atoms with Gasteiger partial charge < -0.3 is 21.4 Å². The average molecular weight is 358 g/mol. The van der Waals surface area contributed by atoms with Crippen LogP contribution in [0.2, 0.25) is 0 Å². The maximum Gasteiger partial charge on any atom is 0.252 e. The number of primary amides is 1. The zero-order valence-corrected chi connectivity index (χ0v) is 14.4. The van der Waals surface area contributed by atoms with Crippen LogP contribution in [0, 0.1) is 5.41 Å². The average Bonchev–Trinajstić information content (AvgIpc) is 2.67. The third-order valence-electron chi connectivity index (χ3n) is 4.18. The summed E-state index contributed by atoms with van der Waals surface area (Å²) in [4.78, 5) is 10.9. The van der Waals surface area contributed by atoms with E-state index in [2.05, 4.69) is 0 Å². The minimum atomic E-state index is -0.617. The highest BCUT2D eigenvalue weighted by molar-refractivity contribution is 6.00. The number of phenolic OH excluding ortho intramolecular Hbond substituents is 1. The van der Waals surface area contributed by atoms with Crippen molar-refractivity contribution in [3.63, 3.8) is 0 Å². The number of phenols is 2. The maximum atomic E-state index is 10.9. The van der Waals surface area contributed by atoms with Crippen molar-refractivity contribution >= 4 is 33.7 Å². The summed E-state index contributed by atoms with van der Waals surface area (Å²) >= 11 is 0. The highest BCUT2D eigenvalue weighted by atomic mass is 16.3. The van der Waals surface area contributed by atoms with Gasteiger partial charge >= 0.3 is 0 Å². The molecule has 0 aliphatic rings. The number of carbonyl (C=O) groups excluding carboxylic acids is 1. The molecule has 0 saturated carbocycles. The van der Waals surface area contributed by atoms with Crippen molar-refractivity contribution in [3.8, 4) is 11.5 Å². The van der Waals surface area contributed by atoms with Crippen molar-refractivity contribution < 1.29 is 15.0 Å². The Morgan fingerprint density at radius 1 is 0.778 bits per heavy atom. The summed E-state index contributed by atoms with van der Waals surface area (Å²) in [7, 11) is 0. The summed E-state index contributed by atoms with van der Waals surface area (Å²) in [6.45, 7) is 0. The summed E-state index contributed by atoms with van der Waals surface area (Å²) in [6, 6.07) is 21.8. The minimum absolute atomic E-state index is 0.0730. The molecular weight excluding hydrogens is 340 g/mol. The smallest absolute Gasteiger partial charge is 0.252 e. The van der Waals surface area contributed by atoms with Crippen LogP contribution in [0.5, 0.6) is 11.5 Å². The standard InChI is InChI=1S/C11H9NO2.C11H9NO/c12-11(14)9-5-7-3-1-2-4-8(7)6-10(9)13;12-7-10-5-8-3-1-2-4-9(8)6-11(10)13/h1-6,13H,(H2,12,14);1-7,12-13H. The number of hydrogen-bond donors (Lipinski definition) is 4. The summed E-state index contributed by atoms with van der Waals surface area (Å²) < 4.78 is 0. The number of nitrogens with one attached hydrogen (secondary N) is 1. The Morgan fingerprint density at radius 2 is 1.22 bits per heavy atom. The van der Waals surface area contributed by atoms with E-state index in [1.165, 1.54) is 6.07 Å². The molecule has 0 aromatic heterocycles. The van der Waals surface area contributed by atoms with Gasteiger partial charge in [0.25, 0.3) is 5.91 Å². The van der Waals surface area contributed by atoms with E-state index in [0.29, 0.717) is 5.56 Å². The number of carbonyl (C=O) groups is 1. The first-order valence-electron chi connectivity index (χ1n) is 8.23. The molecule has 0 atom stereocenters. The molecule has 1 amide bonds. The van der Waals surface area contributed by atoms with Gasteiger partial charge in [0.15, 0.2) is 0 Å². The number of benzene rings is 4. The highest BCUT2D eigenvalue weighted by Crippen LogP contribution is 2.24. The Bertz CT molecular complexity index is 1150. The van der Waals surface area contributed by atoms with Crippen molar-refractivity contribution in [2.75, 3.05) is 0 Å². The largest absolute Gasteiger partial charge is 0.507 e. The topological polar surface area (TPSA) is 107 Å². The molecule has 0 unspecified atom stereocenters. The van der Waals surface area contributed by atoms with E-state index in [1.54, 1.807) is 18.2 Å². The Balaban J connectivity index is 0.000000156. The van der Waals surface area contributed by atoms with E-state index in [9.17, 15) is 15.0 Å². The third kappa shape index (κ3) is 3.88. The van der Waals surface area contributed by atoms with Crippen LogP contribution in [-0.4, -0.2) is 22.3 Å². The quantitative estimate of drug-likeness (QED) is 0.404. The predicted molar refractivity (Wildman–Crippen MR) is 108 cm³/mol. The summed E-state index contributed by atoms with van der Waals surface area (Å²) in [6.07, 6.45) is 1.15. The third-order valence-corrected chi connectivity index (χ3v) is 4.18. The van der Waals surface area contributed by atoms with E-state index < -0.39 is 5.91 Å². The second-order valence-electron chi connectivity index (χ2n) is 5.98.